The third-order valence-corrected chi connectivity index (χ3v) is 5.97. The first-order valence-electron chi connectivity index (χ1n) is 9.75. The molecule has 2 fully saturated rings. The van der Waals surface area contributed by atoms with Crippen molar-refractivity contribution in [3.8, 4) is 0 Å². The van der Waals surface area contributed by atoms with Crippen LogP contribution >= 0.6 is 0 Å². The first-order valence-corrected chi connectivity index (χ1v) is 9.75. The number of benzene rings is 1. The fraction of sp³-hybridized carbons (Fsp3) is 0.476. The average molecular weight is 383 g/mol. The number of nitrogens with zero attached hydrogens (tertiary/aromatic N) is 2. The quantitative estimate of drug-likeness (QED) is 0.826. The van der Waals surface area contributed by atoms with Crippen LogP contribution in [0.3, 0.4) is 0 Å². The van der Waals surface area contributed by atoms with E-state index >= 15 is 0 Å². The Kier molecular flexibility index (Phi) is 4.40. The Morgan fingerprint density at radius 2 is 1.89 bits per heavy atom. The molecule has 1 aromatic carbocycles. The molecule has 2 aliphatic rings. The van der Waals surface area contributed by atoms with Gasteiger partial charge in [-0.05, 0) is 52.2 Å². The average Bonchev–Trinajstić information content (AvgIpc) is 3.18. The highest BCUT2D eigenvalue weighted by molar-refractivity contribution is 6.09. The summed E-state index contributed by atoms with van der Waals surface area (Å²) in [5.41, 5.74) is -0.679. The summed E-state index contributed by atoms with van der Waals surface area (Å²) in [6.07, 6.45) is 2.96. The van der Waals surface area contributed by atoms with E-state index in [2.05, 4.69) is 5.32 Å². The Hall–Kier alpha value is -2.83. The van der Waals surface area contributed by atoms with Gasteiger partial charge in [-0.1, -0.05) is 18.2 Å². The minimum absolute atomic E-state index is 0.110. The van der Waals surface area contributed by atoms with Gasteiger partial charge in [0.05, 0.1) is 0 Å². The Bertz CT molecular complexity index is 909. The first kappa shape index (κ1) is 18.5. The largest absolute Gasteiger partial charge is 0.458 e. The molecular weight excluding hydrogens is 358 g/mol. The maximum atomic E-state index is 13.1. The van der Waals surface area contributed by atoms with E-state index in [4.69, 9.17) is 4.42 Å². The third-order valence-electron chi connectivity index (χ3n) is 5.97. The smallest absolute Gasteiger partial charge is 0.325 e. The number of rotatable bonds is 3. The zero-order chi connectivity index (χ0) is 20.1. The fourth-order valence-electron chi connectivity index (χ4n) is 4.37. The standard InChI is InChI=1S/C21H25N3O4/c1-13-7-6-8-14(2)24(13)18(25)12-23-19(26)21(3,22-20(23)27)17-11-15-9-4-5-10-16(15)28-17/h4-5,9-11,13-14H,6-8,12H2,1-3H3,(H,22,27)/t13-,14+,21-/m1/s1. The van der Waals surface area contributed by atoms with Crippen molar-refractivity contribution >= 4 is 28.8 Å². The molecule has 7 heteroatoms. The number of para-hydroxylation sites is 1. The van der Waals surface area contributed by atoms with E-state index in [1.165, 1.54) is 0 Å². The van der Waals surface area contributed by atoms with E-state index in [9.17, 15) is 14.4 Å². The number of furan rings is 1. The highest BCUT2D eigenvalue weighted by Gasteiger charge is 2.52. The van der Waals surface area contributed by atoms with Crippen LogP contribution in [-0.4, -0.2) is 46.3 Å². The molecule has 3 atom stereocenters. The molecule has 2 aromatic rings. The highest BCUT2D eigenvalue weighted by atomic mass is 16.3. The van der Waals surface area contributed by atoms with E-state index < -0.39 is 17.5 Å². The first-order chi connectivity index (χ1) is 13.3. The molecule has 148 valence electrons. The Labute approximate surface area is 163 Å². The van der Waals surface area contributed by atoms with Crippen LogP contribution in [0, 0.1) is 0 Å². The van der Waals surface area contributed by atoms with E-state index in [-0.39, 0.29) is 24.5 Å². The molecule has 0 unspecified atom stereocenters. The Morgan fingerprint density at radius 3 is 2.57 bits per heavy atom. The maximum Gasteiger partial charge on any atom is 0.325 e. The van der Waals surface area contributed by atoms with Crippen LogP contribution in [0.1, 0.15) is 45.8 Å². The minimum Gasteiger partial charge on any atom is -0.458 e. The molecule has 4 amide bonds. The van der Waals surface area contributed by atoms with Crippen LogP contribution in [0.4, 0.5) is 4.79 Å². The van der Waals surface area contributed by atoms with Crippen molar-refractivity contribution in [2.24, 2.45) is 0 Å². The van der Waals surface area contributed by atoms with Crippen LogP contribution in [0.5, 0.6) is 0 Å². The van der Waals surface area contributed by atoms with Gasteiger partial charge in [-0.15, -0.1) is 0 Å². The van der Waals surface area contributed by atoms with E-state index in [1.807, 2.05) is 38.1 Å². The number of likely N-dealkylation sites (tertiary alicyclic amines) is 1. The highest BCUT2D eigenvalue weighted by Crippen LogP contribution is 2.33. The van der Waals surface area contributed by atoms with Gasteiger partial charge in [0.15, 0.2) is 5.54 Å². The van der Waals surface area contributed by atoms with Crippen LogP contribution in [0.25, 0.3) is 11.0 Å². The van der Waals surface area contributed by atoms with Crippen molar-refractivity contribution in [2.45, 2.75) is 57.7 Å². The van der Waals surface area contributed by atoms with Crippen molar-refractivity contribution in [3.63, 3.8) is 0 Å². The van der Waals surface area contributed by atoms with E-state index in [1.54, 1.807) is 17.9 Å². The molecule has 1 aromatic heterocycles. The zero-order valence-electron chi connectivity index (χ0n) is 16.4. The van der Waals surface area contributed by atoms with Crippen LogP contribution in [0.2, 0.25) is 0 Å². The zero-order valence-corrected chi connectivity index (χ0v) is 16.4. The molecular formula is C21H25N3O4. The monoisotopic (exact) mass is 383 g/mol. The Morgan fingerprint density at radius 1 is 1.21 bits per heavy atom. The van der Waals surface area contributed by atoms with Gasteiger partial charge >= 0.3 is 6.03 Å². The lowest BCUT2D eigenvalue weighted by Crippen LogP contribution is -2.52. The van der Waals surface area contributed by atoms with Gasteiger partial charge in [0.25, 0.3) is 5.91 Å². The summed E-state index contributed by atoms with van der Waals surface area (Å²) < 4.78 is 5.82. The molecule has 2 saturated heterocycles. The van der Waals surface area contributed by atoms with Crippen molar-refractivity contribution in [1.29, 1.82) is 0 Å². The number of imide groups is 1. The molecule has 0 spiro atoms. The summed E-state index contributed by atoms with van der Waals surface area (Å²) in [6.45, 7) is 5.38. The number of piperidine rings is 1. The summed E-state index contributed by atoms with van der Waals surface area (Å²) in [5.74, 6) is -0.305. The molecule has 28 heavy (non-hydrogen) atoms. The molecule has 0 bridgehead atoms. The van der Waals surface area contributed by atoms with Crippen molar-refractivity contribution in [1.82, 2.24) is 15.1 Å². The lowest BCUT2D eigenvalue weighted by molar-refractivity contribution is -0.142. The molecule has 3 heterocycles. The normalized spacial score (nSPS) is 28.1. The molecule has 4 rings (SSSR count). The summed E-state index contributed by atoms with van der Waals surface area (Å²) >= 11 is 0. The van der Waals surface area contributed by atoms with Gasteiger partial charge in [0.1, 0.15) is 17.9 Å². The van der Waals surface area contributed by atoms with Crippen LogP contribution in [0.15, 0.2) is 34.7 Å². The predicted molar refractivity (Wildman–Crippen MR) is 103 cm³/mol. The van der Waals surface area contributed by atoms with Crippen molar-refractivity contribution in [3.05, 3.63) is 36.1 Å². The number of urea groups is 1. The summed E-state index contributed by atoms with van der Waals surface area (Å²) in [7, 11) is 0. The number of carbonyl (C=O) groups is 3. The molecule has 0 radical (unpaired) electrons. The lowest BCUT2D eigenvalue weighted by Gasteiger charge is -2.39. The number of hydrogen-bond donors (Lipinski definition) is 1. The number of amides is 4. The maximum absolute atomic E-state index is 13.1. The van der Waals surface area contributed by atoms with Crippen LogP contribution in [-0.2, 0) is 15.1 Å². The lowest BCUT2D eigenvalue weighted by atomic mass is 9.97. The van der Waals surface area contributed by atoms with Crippen molar-refractivity contribution in [2.75, 3.05) is 6.54 Å². The predicted octanol–water partition coefficient (Wildman–Crippen LogP) is 2.99. The van der Waals surface area contributed by atoms with Gasteiger partial charge in [0.2, 0.25) is 5.91 Å². The molecule has 0 saturated carbocycles. The fourth-order valence-corrected chi connectivity index (χ4v) is 4.37. The second-order valence-electron chi connectivity index (χ2n) is 8.02. The summed E-state index contributed by atoms with van der Waals surface area (Å²) in [5, 5.41) is 3.56. The number of hydrogen-bond acceptors (Lipinski definition) is 4. The van der Waals surface area contributed by atoms with Gasteiger partial charge in [-0.25, -0.2) is 4.79 Å². The van der Waals surface area contributed by atoms with Gasteiger partial charge < -0.3 is 14.6 Å². The molecule has 0 aliphatic carbocycles. The second-order valence-corrected chi connectivity index (χ2v) is 8.02. The van der Waals surface area contributed by atoms with E-state index in [0.717, 1.165) is 29.5 Å². The summed E-state index contributed by atoms with van der Waals surface area (Å²) in [6, 6.07) is 8.82. The SMILES string of the molecule is C[C@@H]1CCC[C@H](C)N1C(=O)CN1C(=O)N[C@](C)(c2cc3ccccc3o2)C1=O. The van der Waals surface area contributed by atoms with Crippen molar-refractivity contribution < 1.29 is 18.8 Å². The Balaban J connectivity index is 1.57. The van der Waals surface area contributed by atoms with Gasteiger partial charge in [-0.3, -0.25) is 14.5 Å². The third kappa shape index (κ3) is 2.85. The second kappa shape index (κ2) is 6.65. The molecule has 7 nitrogen and oxygen atoms in total. The number of carbonyl (C=O) groups excluding carboxylic acids is 3. The van der Waals surface area contributed by atoms with Gasteiger partial charge in [-0.2, -0.15) is 0 Å². The number of nitrogens with one attached hydrogen (secondary N) is 1. The van der Waals surface area contributed by atoms with Gasteiger partial charge in [0, 0.05) is 17.5 Å². The summed E-state index contributed by atoms with van der Waals surface area (Å²) in [4.78, 5) is 41.4. The molecule has 1 N–H and O–H groups in total. The molecule has 2 aliphatic heterocycles. The minimum atomic E-state index is -1.32. The van der Waals surface area contributed by atoms with E-state index in [0.29, 0.717) is 11.3 Å². The topological polar surface area (TPSA) is 82.9 Å². The number of fused-ring (bicyclic) bond motifs is 1. The van der Waals surface area contributed by atoms with Crippen LogP contribution < -0.4 is 5.32 Å².